The number of carbonyl (C=O) groups is 1. The quantitative estimate of drug-likeness (QED) is 0.633. The van der Waals surface area contributed by atoms with Crippen molar-refractivity contribution in [2.45, 2.75) is 11.2 Å². The molecule has 1 atom stereocenters. The molecule has 5 heteroatoms. The van der Waals surface area contributed by atoms with Gasteiger partial charge < -0.3 is 4.74 Å². The molecule has 1 rings (SSSR count). The maximum Gasteiger partial charge on any atom is 0.319 e. The van der Waals surface area contributed by atoms with E-state index in [-0.39, 0.29) is 11.0 Å². The summed E-state index contributed by atoms with van der Waals surface area (Å²) < 4.78 is 17.4. The summed E-state index contributed by atoms with van der Waals surface area (Å²) in [6.07, 6.45) is 0.409. The van der Waals surface area contributed by atoms with Gasteiger partial charge in [-0.15, -0.1) is 0 Å². The second kappa shape index (κ2) is 5.47. The van der Waals surface area contributed by atoms with Crippen LogP contribution in [0, 0.1) is 5.82 Å². The number of carbonyl (C=O) groups excluding carboxylic acids is 1. The average Bonchev–Trinajstić information content (AvgIpc) is 2.22. The van der Waals surface area contributed by atoms with Crippen molar-refractivity contribution in [1.29, 1.82) is 0 Å². The zero-order chi connectivity index (χ0) is 11.4. The van der Waals surface area contributed by atoms with Gasteiger partial charge in [0.2, 0.25) is 0 Å². The molecule has 0 aliphatic heterocycles. The molecule has 0 spiro atoms. The minimum Gasteiger partial charge on any atom is -0.468 e. The molecule has 0 saturated heterocycles. The second-order valence-electron chi connectivity index (χ2n) is 2.94. The van der Waals surface area contributed by atoms with Crippen molar-refractivity contribution in [3.8, 4) is 0 Å². The first-order valence-corrected chi connectivity index (χ1v) is 5.49. The third kappa shape index (κ3) is 3.47. The molecule has 1 aromatic rings. The van der Waals surface area contributed by atoms with Crippen molar-refractivity contribution in [2.24, 2.45) is 0 Å². The van der Waals surface area contributed by atoms with E-state index in [1.807, 2.05) is 0 Å². The summed E-state index contributed by atoms with van der Waals surface area (Å²) >= 11 is 8.78. The van der Waals surface area contributed by atoms with E-state index >= 15 is 0 Å². The molecular weight excluding hydrogens is 286 g/mol. The van der Waals surface area contributed by atoms with Crippen molar-refractivity contribution >= 4 is 33.5 Å². The molecule has 0 amide bonds. The first-order chi connectivity index (χ1) is 7.04. The van der Waals surface area contributed by atoms with Crippen molar-refractivity contribution in [3.63, 3.8) is 0 Å². The van der Waals surface area contributed by atoms with Gasteiger partial charge in [-0.1, -0.05) is 33.6 Å². The minimum absolute atomic E-state index is 0.0528. The Morgan fingerprint density at radius 3 is 2.87 bits per heavy atom. The fraction of sp³-hybridized carbons (Fsp3) is 0.300. The van der Waals surface area contributed by atoms with Gasteiger partial charge in [0.25, 0.3) is 0 Å². The highest BCUT2D eigenvalue weighted by molar-refractivity contribution is 9.10. The number of rotatable bonds is 3. The second-order valence-corrected chi connectivity index (χ2v) is 4.46. The maximum absolute atomic E-state index is 12.8. The SMILES string of the molecule is COC(=O)C(Br)Cc1ccc(F)c(Cl)c1. The summed E-state index contributed by atoms with van der Waals surface area (Å²) in [5, 5.41) is 0.0528. The Bertz CT molecular complexity index is 370. The molecular formula is C10H9BrClFO2. The van der Waals surface area contributed by atoms with Crippen molar-refractivity contribution in [3.05, 3.63) is 34.6 Å². The standard InChI is InChI=1S/C10H9BrClFO2/c1-15-10(14)7(11)4-6-2-3-9(13)8(12)5-6/h2-3,5,7H,4H2,1H3. The van der Waals surface area contributed by atoms with E-state index in [4.69, 9.17) is 11.6 Å². The number of alkyl halides is 1. The van der Waals surface area contributed by atoms with E-state index in [2.05, 4.69) is 20.7 Å². The Balaban J connectivity index is 2.73. The van der Waals surface area contributed by atoms with Crippen LogP contribution < -0.4 is 0 Å². The van der Waals surface area contributed by atoms with E-state index < -0.39 is 10.6 Å². The van der Waals surface area contributed by atoms with Crippen molar-refractivity contribution in [1.82, 2.24) is 0 Å². The van der Waals surface area contributed by atoms with Gasteiger partial charge in [-0.25, -0.2) is 4.39 Å². The van der Waals surface area contributed by atoms with Crippen LogP contribution in [0.1, 0.15) is 5.56 Å². The van der Waals surface area contributed by atoms with Gasteiger partial charge in [0.1, 0.15) is 10.6 Å². The van der Waals surface area contributed by atoms with Gasteiger partial charge >= 0.3 is 5.97 Å². The molecule has 0 fully saturated rings. The van der Waals surface area contributed by atoms with Gasteiger partial charge in [-0.2, -0.15) is 0 Å². The molecule has 1 unspecified atom stereocenters. The largest absolute Gasteiger partial charge is 0.468 e. The molecule has 0 bridgehead atoms. The number of benzene rings is 1. The zero-order valence-electron chi connectivity index (χ0n) is 7.97. The van der Waals surface area contributed by atoms with Crippen LogP contribution in [-0.4, -0.2) is 17.9 Å². The number of halogens is 3. The Labute approximate surface area is 101 Å². The van der Waals surface area contributed by atoms with Gasteiger partial charge in [-0.05, 0) is 24.1 Å². The molecule has 0 saturated carbocycles. The minimum atomic E-state index is -0.468. The predicted octanol–water partition coefficient (Wildman–Crippen LogP) is 2.96. The van der Waals surface area contributed by atoms with Crippen LogP contribution in [0.25, 0.3) is 0 Å². The fourth-order valence-corrected chi connectivity index (χ4v) is 1.85. The highest BCUT2D eigenvalue weighted by Gasteiger charge is 2.16. The first kappa shape index (κ1) is 12.5. The molecule has 1 aromatic carbocycles. The molecule has 0 aliphatic rings. The summed E-state index contributed by atoms with van der Waals surface area (Å²) in [5.74, 6) is -0.833. The lowest BCUT2D eigenvalue weighted by molar-refractivity contribution is -0.139. The zero-order valence-corrected chi connectivity index (χ0v) is 10.3. The van der Waals surface area contributed by atoms with Crippen LogP contribution in [0.15, 0.2) is 18.2 Å². The fourth-order valence-electron chi connectivity index (χ4n) is 1.08. The van der Waals surface area contributed by atoms with Crippen LogP contribution in [0.2, 0.25) is 5.02 Å². The van der Waals surface area contributed by atoms with Crippen molar-refractivity contribution < 1.29 is 13.9 Å². The molecule has 0 heterocycles. The van der Waals surface area contributed by atoms with Gasteiger partial charge in [0.15, 0.2) is 0 Å². The predicted molar refractivity (Wildman–Crippen MR) is 59.8 cm³/mol. The van der Waals surface area contributed by atoms with Crippen LogP contribution in [0.5, 0.6) is 0 Å². The summed E-state index contributed by atoms with van der Waals surface area (Å²) in [5.41, 5.74) is 0.772. The smallest absolute Gasteiger partial charge is 0.319 e. The lowest BCUT2D eigenvalue weighted by Crippen LogP contribution is -2.18. The number of methoxy groups -OCH3 is 1. The molecule has 2 nitrogen and oxygen atoms in total. The normalized spacial score (nSPS) is 12.3. The Morgan fingerprint density at radius 1 is 1.67 bits per heavy atom. The number of ether oxygens (including phenoxy) is 1. The van der Waals surface area contributed by atoms with E-state index in [0.29, 0.717) is 6.42 Å². The highest BCUT2D eigenvalue weighted by Crippen LogP contribution is 2.19. The summed E-state index contributed by atoms with van der Waals surface area (Å²) in [4.78, 5) is 10.7. The van der Waals surface area contributed by atoms with Gasteiger partial charge in [0.05, 0.1) is 12.1 Å². The van der Waals surface area contributed by atoms with Crippen LogP contribution in [-0.2, 0) is 16.0 Å². The van der Waals surface area contributed by atoms with E-state index in [1.165, 1.54) is 19.2 Å². The van der Waals surface area contributed by atoms with E-state index in [0.717, 1.165) is 5.56 Å². The van der Waals surface area contributed by atoms with Crippen LogP contribution in [0.3, 0.4) is 0 Å². The highest BCUT2D eigenvalue weighted by atomic mass is 79.9. The lowest BCUT2D eigenvalue weighted by atomic mass is 10.1. The van der Waals surface area contributed by atoms with Crippen LogP contribution >= 0.6 is 27.5 Å². The maximum atomic E-state index is 12.8. The Hall–Kier alpha value is -0.610. The van der Waals surface area contributed by atoms with E-state index in [1.54, 1.807) is 6.07 Å². The molecule has 0 aliphatic carbocycles. The number of esters is 1. The molecule has 82 valence electrons. The van der Waals surface area contributed by atoms with Crippen molar-refractivity contribution in [2.75, 3.05) is 7.11 Å². The summed E-state index contributed by atoms with van der Waals surface area (Å²) in [7, 11) is 1.31. The number of hydrogen-bond donors (Lipinski definition) is 0. The molecule has 0 radical (unpaired) electrons. The third-order valence-corrected chi connectivity index (χ3v) is 2.84. The van der Waals surface area contributed by atoms with E-state index in [9.17, 15) is 9.18 Å². The summed E-state index contributed by atoms with van der Waals surface area (Å²) in [6.45, 7) is 0. The van der Waals surface area contributed by atoms with Gasteiger partial charge in [-0.3, -0.25) is 4.79 Å². The Kier molecular flexibility index (Phi) is 4.54. The summed E-state index contributed by atoms with van der Waals surface area (Å²) in [6, 6.07) is 4.35. The topological polar surface area (TPSA) is 26.3 Å². The number of hydrogen-bond acceptors (Lipinski definition) is 2. The van der Waals surface area contributed by atoms with Crippen LogP contribution in [0.4, 0.5) is 4.39 Å². The lowest BCUT2D eigenvalue weighted by Gasteiger charge is -2.07. The first-order valence-electron chi connectivity index (χ1n) is 4.20. The molecule has 0 N–H and O–H groups in total. The Morgan fingerprint density at radius 2 is 2.33 bits per heavy atom. The molecule has 15 heavy (non-hydrogen) atoms. The third-order valence-electron chi connectivity index (χ3n) is 1.86. The monoisotopic (exact) mass is 294 g/mol. The average molecular weight is 296 g/mol. The van der Waals surface area contributed by atoms with Gasteiger partial charge in [0, 0.05) is 0 Å². The molecule has 0 aromatic heterocycles.